The maximum atomic E-state index is 13.5. The molecule has 198 valence electrons. The first-order valence-electron chi connectivity index (χ1n) is 12.4. The summed E-state index contributed by atoms with van der Waals surface area (Å²) >= 11 is 0. The topological polar surface area (TPSA) is 96.0 Å². The SMILES string of the molecule is CCCCNC(=O)C(CC)N(Cc1cccc(OC)c1)C(=O)CCCN(c1ccccc1)S(C)(=O)=O. The number of anilines is 1. The summed E-state index contributed by atoms with van der Waals surface area (Å²) in [6.07, 6.45) is 3.89. The fourth-order valence-electron chi connectivity index (χ4n) is 3.99. The van der Waals surface area contributed by atoms with E-state index in [0.29, 0.717) is 30.8 Å². The number of carbonyl (C=O) groups excluding carboxylic acids is 2. The number of rotatable bonds is 15. The summed E-state index contributed by atoms with van der Waals surface area (Å²) in [5.74, 6) is 0.299. The minimum atomic E-state index is -3.51. The van der Waals surface area contributed by atoms with Crippen LogP contribution in [0.1, 0.15) is 51.5 Å². The molecule has 0 spiro atoms. The van der Waals surface area contributed by atoms with Crippen molar-refractivity contribution in [2.45, 2.75) is 58.5 Å². The lowest BCUT2D eigenvalue weighted by molar-refractivity contribution is -0.141. The fraction of sp³-hybridized carbons (Fsp3) is 0.481. The Morgan fingerprint density at radius 1 is 1.03 bits per heavy atom. The molecule has 1 atom stereocenters. The van der Waals surface area contributed by atoms with Crippen LogP contribution in [0.15, 0.2) is 54.6 Å². The van der Waals surface area contributed by atoms with Gasteiger partial charge in [-0.15, -0.1) is 0 Å². The molecular weight excluding hydrogens is 478 g/mol. The Kier molecular flexibility index (Phi) is 11.7. The first kappa shape index (κ1) is 29.2. The normalized spacial score (nSPS) is 12.0. The van der Waals surface area contributed by atoms with Crippen LogP contribution < -0.4 is 14.4 Å². The van der Waals surface area contributed by atoms with Gasteiger partial charge < -0.3 is 15.0 Å². The van der Waals surface area contributed by atoms with Crippen molar-refractivity contribution < 1.29 is 22.7 Å². The van der Waals surface area contributed by atoms with Gasteiger partial charge in [0.15, 0.2) is 0 Å². The third-order valence-corrected chi connectivity index (χ3v) is 7.09. The molecule has 0 aliphatic rings. The van der Waals surface area contributed by atoms with Gasteiger partial charge in [0.25, 0.3) is 0 Å². The predicted molar refractivity (Wildman–Crippen MR) is 143 cm³/mol. The summed E-state index contributed by atoms with van der Waals surface area (Å²) in [5, 5.41) is 2.95. The number of hydrogen-bond acceptors (Lipinski definition) is 5. The fourth-order valence-corrected chi connectivity index (χ4v) is 4.96. The van der Waals surface area contributed by atoms with Gasteiger partial charge in [0.2, 0.25) is 21.8 Å². The number of unbranched alkanes of at least 4 members (excludes halogenated alkanes) is 1. The van der Waals surface area contributed by atoms with Crippen LogP contribution in [0, 0.1) is 0 Å². The Morgan fingerprint density at radius 3 is 2.36 bits per heavy atom. The van der Waals surface area contributed by atoms with Crippen LogP contribution in [0.4, 0.5) is 5.69 Å². The number of ether oxygens (including phenoxy) is 1. The number of amides is 2. The number of sulfonamides is 1. The van der Waals surface area contributed by atoms with Crippen LogP contribution in [0.2, 0.25) is 0 Å². The highest BCUT2D eigenvalue weighted by molar-refractivity contribution is 7.92. The number of hydrogen-bond donors (Lipinski definition) is 1. The van der Waals surface area contributed by atoms with Gasteiger partial charge in [0, 0.05) is 26.1 Å². The van der Waals surface area contributed by atoms with Gasteiger partial charge in [-0.05, 0) is 49.1 Å². The van der Waals surface area contributed by atoms with Gasteiger partial charge in [0.05, 0.1) is 19.1 Å². The Balaban J connectivity index is 2.20. The van der Waals surface area contributed by atoms with E-state index in [1.165, 1.54) is 4.31 Å². The Labute approximate surface area is 215 Å². The zero-order chi connectivity index (χ0) is 26.6. The summed E-state index contributed by atoms with van der Waals surface area (Å²) in [6.45, 7) is 4.92. The molecule has 1 unspecified atom stereocenters. The van der Waals surface area contributed by atoms with Crippen LogP contribution in [0.25, 0.3) is 0 Å². The molecule has 0 aliphatic heterocycles. The second kappa shape index (κ2) is 14.5. The summed E-state index contributed by atoms with van der Waals surface area (Å²) in [5.41, 5.74) is 1.41. The molecule has 2 aromatic rings. The first-order valence-corrected chi connectivity index (χ1v) is 14.3. The molecule has 9 heteroatoms. The molecule has 2 rings (SSSR count). The van der Waals surface area contributed by atoms with E-state index in [-0.39, 0.29) is 31.3 Å². The number of benzene rings is 2. The van der Waals surface area contributed by atoms with Gasteiger partial charge in [-0.2, -0.15) is 0 Å². The van der Waals surface area contributed by atoms with Crippen molar-refractivity contribution in [3.8, 4) is 5.75 Å². The van der Waals surface area contributed by atoms with Crippen LogP contribution in [0.3, 0.4) is 0 Å². The van der Waals surface area contributed by atoms with Crippen molar-refractivity contribution >= 4 is 27.5 Å². The quantitative estimate of drug-likeness (QED) is 0.361. The maximum absolute atomic E-state index is 13.5. The van der Waals surface area contributed by atoms with Crippen LogP contribution >= 0.6 is 0 Å². The number of para-hydroxylation sites is 1. The zero-order valence-corrected chi connectivity index (χ0v) is 22.6. The lowest BCUT2D eigenvalue weighted by atomic mass is 10.1. The van der Waals surface area contributed by atoms with Crippen LogP contribution in [-0.4, -0.2) is 57.6 Å². The summed E-state index contributed by atoms with van der Waals surface area (Å²) in [6, 6.07) is 15.6. The number of carbonyl (C=O) groups is 2. The second-order valence-corrected chi connectivity index (χ2v) is 10.6. The van der Waals surface area contributed by atoms with Crippen LogP contribution in [0.5, 0.6) is 5.75 Å². The maximum Gasteiger partial charge on any atom is 0.242 e. The Bertz CT molecular complexity index is 1080. The minimum absolute atomic E-state index is 0.113. The summed E-state index contributed by atoms with van der Waals surface area (Å²) in [4.78, 5) is 28.0. The average Bonchev–Trinajstić information content (AvgIpc) is 2.86. The van der Waals surface area contributed by atoms with Crippen molar-refractivity contribution in [3.63, 3.8) is 0 Å². The summed E-state index contributed by atoms with van der Waals surface area (Å²) < 4.78 is 31.4. The standard InChI is InChI=1S/C27H39N3O5S/c1-5-7-18-28-27(32)25(6-2)29(21-22-13-11-16-24(20-22)35-3)26(31)17-12-19-30(36(4,33)34)23-14-9-8-10-15-23/h8-11,13-16,20,25H,5-7,12,17-19,21H2,1-4H3,(H,28,32). The lowest BCUT2D eigenvalue weighted by Crippen LogP contribution is -2.49. The molecule has 0 bridgehead atoms. The summed E-state index contributed by atoms with van der Waals surface area (Å²) in [7, 11) is -1.93. The third-order valence-electron chi connectivity index (χ3n) is 5.90. The third kappa shape index (κ3) is 8.86. The smallest absolute Gasteiger partial charge is 0.242 e. The predicted octanol–water partition coefficient (Wildman–Crippen LogP) is 3.97. The molecule has 0 fully saturated rings. The van der Waals surface area contributed by atoms with Gasteiger partial charge in [-0.1, -0.05) is 50.6 Å². The highest BCUT2D eigenvalue weighted by Crippen LogP contribution is 2.20. The second-order valence-electron chi connectivity index (χ2n) is 8.72. The number of nitrogens with one attached hydrogen (secondary N) is 1. The zero-order valence-electron chi connectivity index (χ0n) is 21.8. The molecule has 1 N–H and O–H groups in total. The van der Waals surface area contributed by atoms with Gasteiger partial charge in [-0.25, -0.2) is 8.42 Å². The van der Waals surface area contributed by atoms with E-state index in [1.807, 2.05) is 37.3 Å². The number of nitrogens with zero attached hydrogens (tertiary/aromatic N) is 2. The van der Waals surface area contributed by atoms with E-state index in [0.717, 1.165) is 24.7 Å². The van der Waals surface area contributed by atoms with E-state index in [1.54, 1.807) is 36.3 Å². The lowest BCUT2D eigenvalue weighted by Gasteiger charge is -2.31. The van der Waals surface area contributed by atoms with E-state index >= 15 is 0 Å². The molecule has 2 amide bonds. The molecule has 0 saturated carbocycles. The molecule has 2 aromatic carbocycles. The molecule has 0 aromatic heterocycles. The Hall–Kier alpha value is -3.07. The van der Waals surface area contributed by atoms with Crippen molar-refractivity contribution in [1.29, 1.82) is 0 Å². The van der Waals surface area contributed by atoms with Crippen LogP contribution in [-0.2, 0) is 26.2 Å². The van der Waals surface area contributed by atoms with E-state index in [9.17, 15) is 18.0 Å². The van der Waals surface area contributed by atoms with E-state index < -0.39 is 16.1 Å². The van der Waals surface area contributed by atoms with Crippen molar-refractivity contribution in [2.75, 3.05) is 30.8 Å². The minimum Gasteiger partial charge on any atom is -0.497 e. The molecule has 0 aliphatic carbocycles. The highest BCUT2D eigenvalue weighted by atomic mass is 32.2. The first-order chi connectivity index (χ1) is 17.2. The monoisotopic (exact) mass is 517 g/mol. The molecule has 8 nitrogen and oxygen atoms in total. The van der Waals surface area contributed by atoms with Crippen molar-refractivity contribution in [2.24, 2.45) is 0 Å². The van der Waals surface area contributed by atoms with Gasteiger partial charge in [0.1, 0.15) is 11.8 Å². The van der Waals surface area contributed by atoms with E-state index in [4.69, 9.17) is 4.74 Å². The largest absolute Gasteiger partial charge is 0.497 e. The molecule has 0 heterocycles. The van der Waals surface area contributed by atoms with Crippen molar-refractivity contribution in [3.05, 3.63) is 60.2 Å². The molecule has 0 saturated heterocycles. The molecular formula is C27H39N3O5S. The Morgan fingerprint density at radius 2 is 1.75 bits per heavy atom. The highest BCUT2D eigenvalue weighted by Gasteiger charge is 2.28. The van der Waals surface area contributed by atoms with E-state index in [2.05, 4.69) is 12.2 Å². The van der Waals surface area contributed by atoms with Crippen molar-refractivity contribution in [1.82, 2.24) is 10.2 Å². The molecule has 36 heavy (non-hydrogen) atoms. The molecule has 0 radical (unpaired) electrons. The van der Waals surface area contributed by atoms with Gasteiger partial charge >= 0.3 is 0 Å². The average molecular weight is 518 g/mol. The number of methoxy groups -OCH3 is 1. The van der Waals surface area contributed by atoms with Gasteiger partial charge in [-0.3, -0.25) is 13.9 Å².